The van der Waals surface area contributed by atoms with E-state index >= 15 is 0 Å². The van der Waals surface area contributed by atoms with Crippen molar-refractivity contribution in [2.24, 2.45) is 0 Å². The van der Waals surface area contributed by atoms with Crippen LogP contribution in [0.25, 0.3) is 5.65 Å². The zero-order chi connectivity index (χ0) is 11.7. The topological polar surface area (TPSA) is 21.2 Å². The van der Waals surface area contributed by atoms with Crippen LogP contribution in [0.4, 0.5) is 0 Å². The van der Waals surface area contributed by atoms with Gasteiger partial charge in [0.1, 0.15) is 11.3 Å². The Labute approximate surface area is 120 Å². The molecule has 0 aliphatic rings. The molecule has 3 heterocycles. The highest BCUT2D eigenvalue weighted by molar-refractivity contribution is 6.30. The lowest BCUT2D eigenvalue weighted by molar-refractivity contribution is -0.688. The summed E-state index contributed by atoms with van der Waals surface area (Å²) in [4.78, 5) is 4.53. The number of rotatable bonds is 2. The number of hydrogen-bond acceptors (Lipinski definition) is 1. The van der Waals surface area contributed by atoms with Crippen LogP contribution in [0.5, 0.6) is 0 Å². The molecular formula is C13H11BrClN3. The van der Waals surface area contributed by atoms with Crippen LogP contribution >= 0.6 is 11.6 Å². The van der Waals surface area contributed by atoms with Crippen molar-refractivity contribution in [3.63, 3.8) is 0 Å². The van der Waals surface area contributed by atoms with Crippen LogP contribution in [0.1, 0.15) is 5.69 Å². The fourth-order valence-corrected chi connectivity index (χ4v) is 1.99. The summed E-state index contributed by atoms with van der Waals surface area (Å²) >= 11 is 5.93. The van der Waals surface area contributed by atoms with Gasteiger partial charge in [-0.3, -0.25) is 0 Å². The Kier molecular flexibility index (Phi) is 3.99. The molecule has 0 bridgehead atoms. The van der Waals surface area contributed by atoms with Crippen molar-refractivity contribution in [1.82, 2.24) is 9.38 Å². The highest BCUT2D eigenvalue weighted by Crippen LogP contribution is 2.11. The predicted molar refractivity (Wildman–Crippen MR) is 65.9 cm³/mol. The third-order valence-corrected chi connectivity index (χ3v) is 2.81. The fraction of sp³-hybridized carbons (Fsp3) is 0.0769. The highest BCUT2D eigenvalue weighted by atomic mass is 79.9. The Hall–Kier alpha value is -1.39. The molecule has 3 rings (SSSR count). The molecule has 92 valence electrons. The summed E-state index contributed by atoms with van der Waals surface area (Å²) < 4.78 is 4.03. The van der Waals surface area contributed by atoms with Gasteiger partial charge >= 0.3 is 0 Å². The average molecular weight is 325 g/mol. The van der Waals surface area contributed by atoms with E-state index in [1.165, 1.54) is 0 Å². The number of hydrogen-bond donors (Lipinski definition) is 0. The van der Waals surface area contributed by atoms with Crippen LogP contribution in [-0.2, 0) is 6.54 Å². The molecular weight excluding hydrogens is 314 g/mol. The maximum Gasteiger partial charge on any atom is 0.192 e. The Morgan fingerprint density at radius 1 is 1.11 bits per heavy atom. The van der Waals surface area contributed by atoms with E-state index in [1.807, 2.05) is 59.5 Å². The largest absolute Gasteiger partial charge is 1.00 e. The number of fused-ring (bicyclic) bond motifs is 1. The molecule has 0 amide bonds. The van der Waals surface area contributed by atoms with Gasteiger partial charge < -0.3 is 21.4 Å². The third-order valence-electron chi connectivity index (χ3n) is 2.59. The smallest absolute Gasteiger partial charge is 0.192 e. The van der Waals surface area contributed by atoms with Gasteiger partial charge in [-0.05, 0) is 12.1 Å². The van der Waals surface area contributed by atoms with Crippen molar-refractivity contribution in [1.29, 1.82) is 0 Å². The van der Waals surface area contributed by atoms with E-state index < -0.39 is 0 Å². The van der Waals surface area contributed by atoms with Crippen LogP contribution in [-0.4, -0.2) is 9.38 Å². The molecule has 0 saturated carbocycles. The van der Waals surface area contributed by atoms with Gasteiger partial charge in [0.15, 0.2) is 18.9 Å². The van der Waals surface area contributed by atoms with E-state index in [-0.39, 0.29) is 17.0 Å². The first-order valence-electron chi connectivity index (χ1n) is 5.38. The summed E-state index contributed by atoms with van der Waals surface area (Å²) in [7, 11) is 0. The SMILES string of the molecule is Clc1ccc2nc(C[n+]3ccccc3)cn2c1.[Br-]. The summed E-state index contributed by atoms with van der Waals surface area (Å²) in [5, 5.41) is 0.716. The van der Waals surface area contributed by atoms with Crippen molar-refractivity contribution in [2.75, 3.05) is 0 Å². The molecule has 0 atom stereocenters. The van der Waals surface area contributed by atoms with Crippen LogP contribution in [0.15, 0.2) is 55.1 Å². The summed E-state index contributed by atoms with van der Waals surface area (Å²) in [6, 6.07) is 9.78. The molecule has 0 spiro atoms. The highest BCUT2D eigenvalue weighted by Gasteiger charge is 2.06. The first kappa shape index (κ1) is 13.1. The second-order valence-corrected chi connectivity index (χ2v) is 4.33. The van der Waals surface area contributed by atoms with Gasteiger partial charge in [-0.1, -0.05) is 17.7 Å². The molecule has 0 unspecified atom stereocenters. The Morgan fingerprint density at radius 3 is 2.67 bits per heavy atom. The van der Waals surface area contributed by atoms with Crippen molar-refractivity contribution in [2.45, 2.75) is 6.54 Å². The van der Waals surface area contributed by atoms with E-state index in [9.17, 15) is 0 Å². The van der Waals surface area contributed by atoms with Gasteiger partial charge in [-0.25, -0.2) is 4.98 Å². The van der Waals surface area contributed by atoms with Gasteiger partial charge in [-0.2, -0.15) is 4.57 Å². The van der Waals surface area contributed by atoms with Crippen LogP contribution in [0.3, 0.4) is 0 Å². The molecule has 18 heavy (non-hydrogen) atoms. The lowest BCUT2D eigenvalue weighted by atomic mass is 10.4. The maximum atomic E-state index is 5.93. The van der Waals surface area contributed by atoms with Crippen molar-refractivity contribution in [3.05, 3.63) is 65.8 Å². The Bertz CT molecular complexity index is 652. The fourth-order valence-electron chi connectivity index (χ4n) is 1.82. The zero-order valence-corrected chi connectivity index (χ0v) is 11.8. The monoisotopic (exact) mass is 323 g/mol. The minimum Gasteiger partial charge on any atom is -1.00 e. The van der Waals surface area contributed by atoms with Crippen LogP contribution in [0.2, 0.25) is 5.02 Å². The number of pyridine rings is 2. The minimum absolute atomic E-state index is 0. The molecule has 0 aliphatic heterocycles. The molecule has 3 aromatic rings. The van der Waals surface area contributed by atoms with E-state index in [2.05, 4.69) is 9.55 Å². The summed E-state index contributed by atoms with van der Waals surface area (Å²) in [5.41, 5.74) is 1.93. The van der Waals surface area contributed by atoms with E-state index in [1.54, 1.807) is 0 Å². The zero-order valence-electron chi connectivity index (χ0n) is 9.50. The van der Waals surface area contributed by atoms with E-state index in [0.29, 0.717) is 5.02 Å². The lowest BCUT2D eigenvalue weighted by Gasteiger charge is -1.91. The summed E-state index contributed by atoms with van der Waals surface area (Å²) in [6.45, 7) is 0.764. The number of nitrogens with zero attached hydrogens (tertiary/aromatic N) is 3. The molecule has 0 radical (unpaired) electrons. The Morgan fingerprint density at radius 2 is 1.89 bits per heavy atom. The van der Waals surface area contributed by atoms with Crippen molar-refractivity contribution < 1.29 is 21.5 Å². The average Bonchev–Trinajstić information content (AvgIpc) is 2.71. The first-order chi connectivity index (χ1) is 8.31. The lowest BCUT2D eigenvalue weighted by Crippen LogP contribution is -3.00. The molecule has 3 nitrogen and oxygen atoms in total. The second kappa shape index (κ2) is 5.50. The van der Waals surface area contributed by atoms with Crippen LogP contribution < -0.4 is 21.5 Å². The van der Waals surface area contributed by atoms with Gasteiger partial charge in [0.25, 0.3) is 0 Å². The van der Waals surface area contributed by atoms with Gasteiger partial charge in [0.05, 0.1) is 5.02 Å². The van der Waals surface area contributed by atoms with Crippen molar-refractivity contribution >= 4 is 17.2 Å². The van der Waals surface area contributed by atoms with Crippen molar-refractivity contribution in [3.8, 4) is 0 Å². The molecule has 3 aromatic heterocycles. The van der Waals surface area contributed by atoms with Gasteiger partial charge in [-0.15, -0.1) is 0 Å². The van der Waals surface area contributed by atoms with Gasteiger partial charge in [0, 0.05) is 24.5 Å². The molecule has 0 saturated heterocycles. The maximum absolute atomic E-state index is 5.93. The Balaban J connectivity index is 0.00000120. The quantitative estimate of drug-likeness (QED) is 0.573. The minimum atomic E-state index is 0. The molecule has 0 fully saturated rings. The molecule has 0 aromatic carbocycles. The molecule has 0 aliphatic carbocycles. The molecule has 0 N–H and O–H groups in total. The van der Waals surface area contributed by atoms with Gasteiger partial charge in [0.2, 0.25) is 0 Å². The van der Waals surface area contributed by atoms with E-state index in [0.717, 1.165) is 17.9 Å². The number of imidazole rings is 1. The number of aromatic nitrogens is 3. The van der Waals surface area contributed by atoms with Crippen LogP contribution in [0, 0.1) is 0 Å². The summed E-state index contributed by atoms with van der Waals surface area (Å²) in [5.74, 6) is 0. The third kappa shape index (κ3) is 2.71. The van der Waals surface area contributed by atoms with E-state index in [4.69, 9.17) is 11.6 Å². The second-order valence-electron chi connectivity index (χ2n) is 3.89. The molecule has 5 heteroatoms. The first-order valence-corrected chi connectivity index (χ1v) is 5.76. The number of halogens is 2. The standard InChI is InChI=1S/C13H11ClN3.BrH/c14-11-4-5-13-15-12(10-17(13)8-11)9-16-6-2-1-3-7-16;/h1-8,10H,9H2;1H/q+1;/p-1. The normalized spacial score (nSPS) is 10.3. The predicted octanol–water partition coefficient (Wildman–Crippen LogP) is -0.673. The summed E-state index contributed by atoms with van der Waals surface area (Å²) in [6.07, 6.45) is 7.91.